The van der Waals surface area contributed by atoms with E-state index in [1.54, 1.807) is 22.0 Å². The Hall–Kier alpha value is -2.45. The van der Waals surface area contributed by atoms with Gasteiger partial charge in [0, 0.05) is 37.4 Å². The second-order valence-electron chi connectivity index (χ2n) is 6.65. The first-order chi connectivity index (χ1) is 13.1. The lowest BCUT2D eigenvalue weighted by Gasteiger charge is -2.23. The van der Waals surface area contributed by atoms with Gasteiger partial charge in [0.05, 0.1) is 11.2 Å². The van der Waals surface area contributed by atoms with Crippen molar-refractivity contribution in [2.75, 3.05) is 18.4 Å². The highest BCUT2D eigenvalue weighted by Gasteiger charge is 2.20. The fourth-order valence-corrected chi connectivity index (χ4v) is 4.44. The second kappa shape index (κ2) is 7.66. The number of benzene rings is 1. The standard InChI is InChI=1S/C19H22N4O3S/c1-2-22-11-9-13-16(12-22)27-18(20-13)21-17(24)8-5-10-23-14-6-3-4-7-15(14)26-19(23)25/h3-4,6-7H,2,5,8-12H2,1H3,(H,20,21,24). The second-order valence-corrected chi connectivity index (χ2v) is 7.73. The Kier molecular flexibility index (Phi) is 5.09. The van der Waals surface area contributed by atoms with Gasteiger partial charge in [0.15, 0.2) is 10.7 Å². The maximum Gasteiger partial charge on any atom is 0.419 e. The van der Waals surface area contributed by atoms with Crippen LogP contribution in [0.2, 0.25) is 0 Å². The van der Waals surface area contributed by atoms with Crippen molar-refractivity contribution in [2.24, 2.45) is 0 Å². The van der Waals surface area contributed by atoms with E-state index < -0.39 is 0 Å². The minimum absolute atomic E-state index is 0.0747. The quantitative estimate of drug-likeness (QED) is 0.705. The van der Waals surface area contributed by atoms with Crippen LogP contribution in [0.5, 0.6) is 0 Å². The molecular formula is C19H22N4O3S. The predicted octanol–water partition coefficient (Wildman–Crippen LogP) is 2.85. The molecule has 27 heavy (non-hydrogen) atoms. The van der Waals surface area contributed by atoms with Crippen molar-refractivity contribution in [3.63, 3.8) is 0 Å². The summed E-state index contributed by atoms with van der Waals surface area (Å²) in [6.07, 6.45) is 1.83. The molecule has 0 fully saturated rings. The molecule has 1 aliphatic rings. The van der Waals surface area contributed by atoms with Crippen molar-refractivity contribution in [1.29, 1.82) is 0 Å². The van der Waals surface area contributed by atoms with Crippen LogP contribution in [-0.2, 0) is 24.3 Å². The molecule has 0 saturated carbocycles. The van der Waals surface area contributed by atoms with Gasteiger partial charge in [0.1, 0.15) is 0 Å². The Bertz CT molecular complexity index is 1020. The minimum Gasteiger partial charge on any atom is -0.408 e. The molecule has 0 unspecified atom stereocenters. The number of carbonyl (C=O) groups excluding carboxylic acids is 1. The van der Waals surface area contributed by atoms with Crippen molar-refractivity contribution in [2.45, 2.75) is 39.3 Å². The van der Waals surface area contributed by atoms with Crippen molar-refractivity contribution in [3.05, 3.63) is 45.4 Å². The number of aromatic nitrogens is 2. The van der Waals surface area contributed by atoms with Crippen LogP contribution in [0, 0.1) is 0 Å². The van der Waals surface area contributed by atoms with Crippen LogP contribution in [-0.4, -0.2) is 33.4 Å². The maximum absolute atomic E-state index is 12.3. The van der Waals surface area contributed by atoms with E-state index in [0.29, 0.717) is 30.1 Å². The number of nitrogens with one attached hydrogen (secondary N) is 1. The summed E-state index contributed by atoms with van der Waals surface area (Å²) < 4.78 is 6.78. The molecule has 0 saturated heterocycles. The van der Waals surface area contributed by atoms with E-state index in [1.807, 2.05) is 18.2 Å². The summed E-state index contributed by atoms with van der Waals surface area (Å²) in [5.74, 6) is -0.459. The van der Waals surface area contributed by atoms with Gasteiger partial charge in [-0.05, 0) is 25.1 Å². The van der Waals surface area contributed by atoms with Crippen LogP contribution in [0.4, 0.5) is 5.13 Å². The maximum atomic E-state index is 12.3. The number of nitrogens with zero attached hydrogens (tertiary/aromatic N) is 3. The fourth-order valence-electron chi connectivity index (χ4n) is 3.38. The van der Waals surface area contributed by atoms with Crippen LogP contribution >= 0.6 is 11.3 Å². The lowest BCUT2D eigenvalue weighted by atomic mass is 10.2. The van der Waals surface area contributed by atoms with Crippen LogP contribution in [0.3, 0.4) is 0 Å². The molecule has 1 aliphatic heterocycles. The summed E-state index contributed by atoms with van der Waals surface area (Å²) in [4.78, 5) is 32.4. The van der Waals surface area contributed by atoms with E-state index in [1.165, 1.54) is 4.88 Å². The zero-order valence-electron chi connectivity index (χ0n) is 15.2. The highest BCUT2D eigenvalue weighted by molar-refractivity contribution is 7.15. The smallest absolute Gasteiger partial charge is 0.408 e. The third-order valence-corrected chi connectivity index (χ3v) is 5.86. The van der Waals surface area contributed by atoms with Crippen LogP contribution in [0.1, 0.15) is 30.3 Å². The van der Waals surface area contributed by atoms with E-state index in [4.69, 9.17) is 4.42 Å². The topological polar surface area (TPSA) is 80.4 Å². The summed E-state index contributed by atoms with van der Waals surface area (Å²) in [6.45, 7) is 5.57. The fraction of sp³-hybridized carbons (Fsp3) is 0.421. The van der Waals surface area contributed by atoms with Crippen molar-refractivity contribution in [3.8, 4) is 0 Å². The number of carbonyl (C=O) groups is 1. The number of anilines is 1. The van der Waals surface area contributed by atoms with Gasteiger partial charge in [-0.25, -0.2) is 9.78 Å². The summed E-state index contributed by atoms with van der Waals surface area (Å²) in [5.41, 5.74) is 2.44. The molecule has 2 aromatic heterocycles. The molecular weight excluding hydrogens is 364 g/mol. The Morgan fingerprint density at radius 1 is 1.37 bits per heavy atom. The van der Waals surface area contributed by atoms with E-state index in [2.05, 4.69) is 22.1 Å². The molecule has 0 aliphatic carbocycles. The van der Waals surface area contributed by atoms with Gasteiger partial charge in [0.25, 0.3) is 0 Å². The molecule has 4 rings (SSSR count). The molecule has 1 amide bonds. The molecule has 1 N–H and O–H groups in total. The zero-order chi connectivity index (χ0) is 18.8. The SMILES string of the molecule is CCN1CCc2nc(NC(=O)CCCn3c(=O)oc4ccccc43)sc2C1. The van der Waals surface area contributed by atoms with Gasteiger partial charge < -0.3 is 9.73 Å². The van der Waals surface area contributed by atoms with E-state index >= 15 is 0 Å². The van der Waals surface area contributed by atoms with Crippen LogP contribution < -0.4 is 11.1 Å². The number of hydrogen-bond acceptors (Lipinski definition) is 6. The Morgan fingerprint density at radius 3 is 3.07 bits per heavy atom. The Labute approximate surface area is 160 Å². The first kappa shape index (κ1) is 17.9. The van der Waals surface area contributed by atoms with Gasteiger partial charge in [-0.15, -0.1) is 11.3 Å². The molecule has 8 heteroatoms. The Morgan fingerprint density at radius 2 is 2.22 bits per heavy atom. The van der Waals surface area contributed by atoms with E-state index in [-0.39, 0.29) is 11.7 Å². The molecule has 3 heterocycles. The van der Waals surface area contributed by atoms with Crippen molar-refractivity contribution in [1.82, 2.24) is 14.5 Å². The molecule has 0 bridgehead atoms. The molecule has 142 valence electrons. The minimum atomic E-state index is -0.385. The molecule has 0 spiro atoms. The summed E-state index contributed by atoms with van der Waals surface area (Å²) in [7, 11) is 0. The molecule has 3 aromatic rings. The summed E-state index contributed by atoms with van der Waals surface area (Å²) in [6, 6.07) is 7.31. The number of hydrogen-bond donors (Lipinski definition) is 1. The first-order valence-electron chi connectivity index (χ1n) is 9.23. The predicted molar refractivity (Wildman–Crippen MR) is 105 cm³/mol. The van der Waals surface area contributed by atoms with Gasteiger partial charge in [-0.3, -0.25) is 14.3 Å². The number of rotatable bonds is 6. The molecule has 0 atom stereocenters. The third kappa shape index (κ3) is 3.81. The molecule has 7 nitrogen and oxygen atoms in total. The largest absolute Gasteiger partial charge is 0.419 e. The number of para-hydroxylation sites is 2. The number of likely N-dealkylation sites (N-methyl/N-ethyl adjacent to an activating group) is 1. The number of amides is 1. The highest BCUT2D eigenvalue weighted by atomic mass is 32.1. The normalized spacial score (nSPS) is 14.4. The average Bonchev–Trinajstić information content (AvgIpc) is 3.20. The molecule has 1 aromatic carbocycles. The summed E-state index contributed by atoms with van der Waals surface area (Å²) >= 11 is 1.56. The first-order valence-corrected chi connectivity index (χ1v) is 10.0. The number of thiazole rings is 1. The van der Waals surface area contributed by atoms with Gasteiger partial charge >= 0.3 is 5.76 Å². The summed E-state index contributed by atoms with van der Waals surface area (Å²) in [5, 5.41) is 3.58. The Balaban J connectivity index is 1.33. The lowest BCUT2D eigenvalue weighted by Crippen LogP contribution is -2.29. The number of oxazole rings is 1. The van der Waals surface area contributed by atoms with Crippen molar-refractivity contribution >= 4 is 33.5 Å². The van der Waals surface area contributed by atoms with Crippen LogP contribution in [0.25, 0.3) is 11.1 Å². The van der Waals surface area contributed by atoms with Gasteiger partial charge in [0.2, 0.25) is 5.91 Å². The van der Waals surface area contributed by atoms with Crippen LogP contribution in [0.15, 0.2) is 33.5 Å². The monoisotopic (exact) mass is 386 g/mol. The zero-order valence-corrected chi connectivity index (χ0v) is 16.1. The van der Waals surface area contributed by atoms with E-state index in [9.17, 15) is 9.59 Å². The lowest BCUT2D eigenvalue weighted by molar-refractivity contribution is -0.116. The van der Waals surface area contributed by atoms with Crippen molar-refractivity contribution < 1.29 is 9.21 Å². The van der Waals surface area contributed by atoms with Gasteiger partial charge in [-0.1, -0.05) is 19.1 Å². The average molecular weight is 386 g/mol. The third-order valence-electron chi connectivity index (χ3n) is 4.86. The van der Waals surface area contributed by atoms with Gasteiger partial charge in [-0.2, -0.15) is 0 Å². The number of aryl methyl sites for hydroxylation is 1. The number of fused-ring (bicyclic) bond motifs is 2. The van der Waals surface area contributed by atoms with E-state index in [0.717, 1.165) is 37.3 Å². The molecule has 0 radical (unpaired) electrons. The highest BCUT2D eigenvalue weighted by Crippen LogP contribution is 2.28.